The lowest BCUT2D eigenvalue weighted by atomic mass is 9.96. The van der Waals surface area contributed by atoms with Crippen LogP contribution < -0.4 is 10.1 Å². The van der Waals surface area contributed by atoms with Gasteiger partial charge in [-0.1, -0.05) is 12.1 Å². The van der Waals surface area contributed by atoms with E-state index in [9.17, 15) is 0 Å². The molecule has 0 amide bonds. The van der Waals surface area contributed by atoms with Crippen molar-refractivity contribution in [3.05, 3.63) is 107 Å². The van der Waals surface area contributed by atoms with E-state index in [2.05, 4.69) is 62.9 Å². The number of ether oxygens (including phenoxy) is 1. The topological polar surface area (TPSA) is 55.2 Å². The first kappa shape index (κ1) is 22.1. The van der Waals surface area contributed by atoms with Gasteiger partial charge in [0, 0.05) is 48.3 Å². The van der Waals surface area contributed by atoms with Crippen LogP contribution in [0.5, 0.6) is 5.75 Å². The molecule has 2 atom stereocenters. The molecule has 1 N–H and O–H groups in total. The molecule has 0 radical (unpaired) electrons. The van der Waals surface area contributed by atoms with Crippen LogP contribution in [0.1, 0.15) is 40.3 Å². The van der Waals surface area contributed by atoms with E-state index < -0.39 is 0 Å². The van der Waals surface area contributed by atoms with Crippen molar-refractivity contribution in [2.75, 3.05) is 7.11 Å². The highest BCUT2D eigenvalue weighted by atomic mass is 32.1. The Balaban J connectivity index is 1.62. The average molecular weight is 470 g/mol. The first-order chi connectivity index (χ1) is 16.6. The molecule has 4 aromatic rings. The van der Waals surface area contributed by atoms with Crippen molar-refractivity contribution in [3.8, 4) is 11.4 Å². The van der Waals surface area contributed by atoms with Crippen molar-refractivity contribution in [1.29, 1.82) is 0 Å². The quantitative estimate of drug-likeness (QED) is 0.398. The van der Waals surface area contributed by atoms with Crippen LogP contribution in [0, 0.1) is 13.8 Å². The summed E-state index contributed by atoms with van der Waals surface area (Å²) in [4.78, 5) is 11.1. The monoisotopic (exact) mass is 469 g/mol. The van der Waals surface area contributed by atoms with Gasteiger partial charge in [-0.05, 0) is 79.7 Å². The van der Waals surface area contributed by atoms with Crippen LogP contribution in [-0.4, -0.2) is 31.7 Å². The number of pyridine rings is 2. The number of hydrogen-bond donors (Lipinski definition) is 1. The number of nitrogens with zero attached hydrogens (tertiary/aromatic N) is 4. The predicted octanol–water partition coefficient (Wildman–Crippen LogP) is 5.07. The van der Waals surface area contributed by atoms with E-state index in [1.54, 1.807) is 7.11 Å². The zero-order chi connectivity index (χ0) is 23.7. The molecule has 0 unspecified atom stereocenters. The molecule has 4 heterocycles. The lowest BCUT2D eigenvalue weighted by Gasteiger charge is -2.28. The summed E-state index contributed by atoms with van der Waals surface area (Å²) in [5, 5.41) is 4.28. The van der Waals surface area contributed by atoms with Gasteiger partial charge in [-0.25, -0.2) is 0 Å². The molecular formula is C27H27N5OS. The van der Waals surface area contributed by atoms with E-state index in [0.717, 1.165) is 33.5 Å². The Morgan fingerprint density at radius 3 is 2.56 bits per heavy atom. The third kappa shape index (κ3) is 4.03. The Labute approximate surface area is 205 Å². The van der Waals surface area contributed by atoms with Crippen molar-refractivity contribution in [2.45, 2.75) is 32.5 Å². The molecule has 1 aliphatic heterocycles. The lowest BCUT2D eigenvalue weighted by molar-refractivity contribution is 0.310. The summed E-state index contributed by atoms with van der Waals surface area (Å²) in [6.45, 7) is 4.99. The van der Waals surface area contributed by atoms with Gasteiger partial charge in [0.15, 0.2) is 5.11 Å². The fraction of sp³-hybridized carbons (Fsp3) is 0.222. The van der Waals surface area contributed by atoms with Crippen LogP contribution in [0.25, 0.3) is 5.69 Å². The van der Waals surface area contributed by atoms with Gasteiger partial charge in [-0.3, -0.25) is 9.97 Å². The summed E-state index contributed by atoms with van der Waals surface area (Å²) in [7, 11) is 1.69. The van der Waals surface area contributed by atoms with Gasteiger partial charge in [0.1, 0.15) is 5.75 Å². The smallest absolute Gasteiger partial charge is 0.170 e. The van der Waals surface area contributed by atoms with Gasteiger partial charge in [-0.15, -0.1) is 0 Å². The fourth-order valence-electron chi connectivity index (χ4n) is 4.83. The van der Waals surface area contributed by atoms with E-state index in [-0.39, 0.29) is 12.1 Å². The van der Waals surface area contributed by atoms with Crippen molar-refractivity contribution < 1.29 is 4.74 Å². The van der Waals surface area contributed by atoms with Crippen LogP contribution in [0.4, 0.5) is 0 Å². The van der Waals surface area contributed by atoms with Crippen molar-refractivity contribution in [1.82, 2.24) is 24.8 Å². The third-order valence-corrected chi connectivity index (χ3v) is 6.75. The molecule has 0 aliphatic carbocycles. The second kappa shape index (κ2) is 9.27. The number of benzene rings is 1. The molecule has 1 fully saturated rings. The van der Waals surface area contributed by atoms with Crippen LogP contribution in [0.3, 0.4) is 0 Å². The zero-order valence-electron chi connectivity index (χ0n) is 19.5. The van der Waals surface area contributed by atoms with E-state index in [4.69, 9.17) is 17.0 Å². The number of nitrogens with one attached hydrogen (secondary N) is 1. The number of thiocarbonyl (C=S) groups is 1. The summed E-state index contributed by atoms with van der Waals surface area (Å²) in [5.74, 6) is 0.834. The number of aryl methyl sites for hydroxylation is 1. The molecule has 0 spiro atoms. The molecule has 1 aromatic carbocycles. The normalized spacial score (nSPS) is 17.6. The minimum Gasteiger partial charge on any atom is -0.497 e. The Hall–Kier alpha value is -3.71. The molecule has 7 heteroatoms. The maximum Gasteiger partial charge on any atom is 0.170 e. The fourth-order valence-corrected chi connectivity index (χ4v) is 5.14. The zero-order valence-corrected chi connectivity index (χ0v) is 20.3. The average Bonchev–Trinajstić information content (AvgIpc) is 3.35. The number of hydrogen-bond acceptors (Lipinski definition) is 4. The lowest BCUT2D eigenvalue weighted by Crippen LogP contribution is -2.29. The van der Waals surface area contributed by atoms with Gasteiger partial charge in [0.05, 0.1) is 24.9 Å². The van der Waals surface area contributed by atoms with E-state index in [0.29, 0.717) is 6.54 Å². The maximum atomic E-state index is 5.85. The van der Waals surface area contributed by atoms with Crippen molar-refractivity contribution >= 4 is 17.3 Å². The Morgan fingerprint density at radius 2 is 1.82 bits per heavy atom. The first-order valence-corrected chi connectivity index (χ1v) is 11.7. The van der Waals surface area contributed by atoms with Crippen LogP contribution in [0.2, 0.25) is 0 Å². The Morgan fingerprint density at radius 1 is 1.00 bits per heavy atom. The van der Waals surface area contributed by atoms with Crippen LogP contribution >= 0.6 is 12.2 Å². The van der Waals surface area contributed by atoms with E-state index in [1.807, 2.05) is 55.0 Å². The third-order valence-electron chi connectivity index (χ3n) is 6.40. The summed E-state index contributed by atoms with van der Waals surface area (Å²) >= 11 is 5.85. The molecule has 172 valence electrons. The van der Waals surface area contributed by atoms with E-state index in [1.165, 1.54) is 11.3 Å². The molecule has 1 saturated heterocycles. The van der Waals surface area contributed by atoms with Crippen molar-refractivity contribution in [3.63, 3.8) is 0 Å². The maximum absolute atomic E-state index is 5.85. The molecule has 5 rings (SSSR count). The Kier molecular flexibility index (Phi) is 6.02. The summed E-state index contributed by atoms with van der Waals surface area (Å²) in [5.41, 5.74) is 6.75. The summed E-state index contributed by atoms with van der Waals surface area (Å²) < 4.78 is 7.75. The number of rotatable bonds is 6. The van der Waals surface area contributed by atoms with Gasteiger partial charge < -0.3 is 19.5 Å². The van der Waals surface area contributed by atoms with E-state index >= 15 is 0 Å². The van der Waals surface area contributed by atoms with Crippen LogP contribution in [-0.2, 0) is 6.54 Å². The van der Waals surface area contributed by atoms with Crippen molar-refractivity contribution in [2.24, 2.45) is 0 Å². The standard InChI is InChI=1S/C27H27N5OS/c1-18-15-23(19(2)32(18)21-7-6-8-22(16-21)33-3)26-25(24-9-4-5-12-29-24)30-27(34)31(26)17-20-10-13-28-14-11-20/h4-16,25-26H,17H2,1-3H3,(H,30,34)/t25-,26+/m1/s1. The predicted molar refractivity (Wildman–Crippen MR) is 137 cm³/mol. The van der Waals surface area contributed by atoms with Gasteiger partial charge >= 0.3 is 0 Å². The highest BCUT2D eigenvalue weighted by molar-refractivity contribution is 7.80. The van der Waals surface area contributed by atoms with Gasteiger partial charge in [-0.2, -0.15) is 0 Å². The largest absolute Gasteiger partial charge is 0.497 e. The highest BCUT2D eigenvalue weighted by Crippen LogP contribution is 2.42. The minimum absolute atomic E-state index is 0.0128. The first-order valence-electron chi connectivity index (χ1n) is 11.3. The molecule has 6 nitrogen and oxygen atoms in total. The number of aromatic nitrogens is 3. The van der Waals surface area contributed by atoms with Crippen LogP contribution in [0.15, 0.2) is 79.3 Å². The number of methoxy groups -OCH3 is 1. The molecule has 0 saturated carbocycles. The highest BCUT2D eigenvalue weighted by Gasteiger charge is 2.41. The molecular weight excluding hydrogens is 442 g/mol. The summed E-state index contributed by atoms with van der Waals surface area (Å²) in [6.07, 6.45) is 5.48. The molecule has 1 aliphatic rings. The van der Waals surface area contributed by atoms with Gasteiger partial charge in [0.2, 0.25) is 0 Å². The van der Waals surface area contributed by atoms with Gasteiger partial charge in [0.25, 0.3) is 0 Å². The second-order valence-corrected chi connectivity index (χ2v) is 8.86. The minimum atomic E-state index is -0.0604. The molecule has 3 aromatic heterocycles. The molecule has 34 heavy (non-hydrogen) atoms. The SMILES string of the molecule is COc1cccc(-n2c(C)cc([C@H]3[C@@H](c4ccccn4)NC(=S)N3Cc3ccncc3)c2C)c1. The second-order valence-electron chi connectivity index (χ2n) is 8.47. The molecule has 0 bridgehead atoms. The summed E-state index contributed by atoms with van der Waals surface area (Å²) in [6, 6.07) is 20.4. The Bertz CT molecular complexity index is 1310.